The summed E-state index contributed by atoms with van der Waals surface area (Å²) < 4.78 is 5.01. The van der Waals surface area contributed by atoms with Gasteiger partial charge < -0.3 is 20.5 Å². The van der Waals surface area contributed by atoms with E-state index in [2.05, 4.69) is 66.2 Å². The van der Waals surface area contributed by atoms with Crippen LogP contribution in [0.2, 0.25) is 0 Å². The highest BCUT2D eigenvalue weighted by Crippen LogP contribution is 2.25. The molecule has 0 saturated carbocycles. The molecule has 0 bridgehead atoms. The van der Waals surface area contributed by atoms with E-state index < -0.39 is 0 Å². The van der Waals surface area contributed by atoms with Gasteiger partial charge in [0.2, 0.25) is 0 Å². The van der Waals surface area contributed by atoms with Crippen molar-refractivity contribution in [1.82, 2.24) is 10.6 Å². The van der Waals surface area contributed by atoms with Crippen LogP contribution in [0.1, 0.15) is 70.3 Å². The number of rotatable bonds is 17. The molecule has 3 N–H and O–H groups in total. The van der Waals surface area contributed by atoms with E-state index in [-0.39, 0.29) is 11.8 Å². The van der Waals surface area contributed by atoms with Gasteiger partial charge in [0, 0.05) is 13.1 Å². The van der Waals surface area contributed by atoms with Crippen molar-refractivity contribution in [1.29, 1.82) is 0 Å². The Hall–Kier alpha value is -2.95. The summed E-state index contributed by atoms with van der Waals surface area (Å²) in [6.07, 6.45) is 27.6. The Bertz CT molecular complexity index is 766. The lowest BCUT2D eigenvalue weighted by atomic mass is 10.2. The molecule has 0 fully saturated rings. The number of urea groups is 1. The van der Waals surface area contributed by atoms with Crippen molar-refractivity contribution in [2.45, 2.75) is 71.3 Å². The molecule has 5 heteroatoms. The van der Waals surface area contributed by atoms with E-state index in [1.165, 1.54) is 32.8 Å². The minimum Gasteiger partial charge on any atom is -0.504 e. The molecule has 0 spiro atoms. The Labute approximate surface area is 200 Å². The van der Waals surface area contributed by atoms with Gasteiger partial charge >= 0.3 is 6.03 Å². The number of allylic oxidation sites excluding steroid dienone is 8. The van der Waals surface area contributed by atoms with Gasteiger partial charge in [0.1, 0.15) is 0 Å². The Morgan fingerprint density at radius 2 is 1.48 bits per heavy atom. The Balaban J connectivity index is 1.99. The first-order chi connectivity index (χ1) is 16.2. The van der Waals surface area contributed by atoms with E-state index in [1.54, 1.807) is 12.1 Å². The normalized spacial score (nSPS) is 11.8. The van der Waals surface area contributed by atoms with Crippen LogP contribution in [0, 0.1) is 0 Å². The van der Waals surface area contributed by atoms with Crippen molar-refractivity contribution in [3.8, 4) is 11.5 Å². The SMILES string of the molecule is CCCCC/C=C\C/C=C\C/C=C\C/C=C\CCCNC(=O)NCc1ccc(OC)c(O)c1. The maximum atomic E-state index is 11.9. The van der Waals surface area contributed by atoms with Crippen molar-refractivity contribution in [3.63, 3.8) is 0 Å². The summed E-state index contributed by atoms with van der Waals surface area (Å²) in [5.41, 5.74) is 0.810. The molecule has 0 aliphatic carbocycles. The van der Waals surface area contributed by atoms with Crippen LogP contribution in [0.4, 0.5) is 4.79 Å². The molecule has 2 amide bonds. The lowest BCUT2D eigenvalue weighted by Gasteiger charge is -2.09. The number of carbonyl (C=O) groups excluding carboxylic acids is 1. The average molecular weight is 455 g/mol. The summed E-state index contributed by atoms with van der Waals surface area (Å²) in [7, 11) is 1.50. The standard InChI is InChI=1S/C28H42N2O3/c1-3-4-5-6-7-8-9-10-11-12-13-14-15-16-17-18-19-22-29-28(32)30-24-25-20-21-27(33-2)26(31)23-25/h7-8,10-11,13-14,16-17,20-21,23,31H,3-6,9,12,15,18-19,22,24H2,1-2H3,(H2,29,30,32)/b8-7-,11-10-,14-13-,17-16-. The minimum atomic E-state index is -0.211. The van der Waals surface area contributed by atoms with Gasteiger partial charge in [0.25, 0.3) is 0 Å². The summed E-state index contributed by atoms with van der Waals surface area (Å²) in [4.78, 5) is 11.9. The van der Waals surface area contributed by atoms with E-state index in [1.807, 2.05) is 6.07 Å². The molecule has 0 saturated heterocycles. The largest absolute Gasteiger partial charge is 0.504 e. The van der Waals surface area contributed by atoms with Gasteiger partial charge in [-0.3, -0.25) is 0 Å². The Morgan fingerprint density at radius 3 is 2.06 bits per heavy atom. The van der Waals surface area contributed by atoms with Crippen LogP contribution in [-0.4, -0.2) is 24.8 Å². The fourth-order valence-electron chi connectivity index (χ4n) is 3.07. The molecule has 0 unspecified atom stereocenters. The fraction of sp³-hybridized carbons (Fsp3) is 0.464. The molecule has 0 aliphatic heterocycles. The first-order valence-electron chi connectivity index (χ1n) is 12.1. The van der Waals surface area contributed by atoms with Crippen LogP contribution in [0.3, 0.4) is 0 Å². The molecule has 1 rings (SSSR count). The van der Waals surface area contributed by atoms with E-state index in [0.29, 0.717) is 18.8 Å². The van der Waals surface area contributed by atoms with Crippen molar-refractivity contribution >= 4 is 6.03 Å². The molecule has 0 radical (unpaired) electrons. The highest BCUT2D eigenvalue weighted by atomic mass is 16.5. The number of benzene rings is 1. The maximum Gasteiger partial charge on any atom is 0.315 e. The monoisotopic (exact) mass is 454 g/mol. The van der Waals surface area contributed by atoms with Gasteiger partial charge in [0.15, 0.2) is 11.5 Å². The quantitative estimate of drug-likeness (QED) is 0.176. The second-order valence-corrected chi connectivity index (χ2v) is 7.85. The number of phenols is 1. The van der Waals surface area contributed by atoms with Crippen LogP contribution in [0.15, 0.2) is 66.8 Å². The van der Waals surface area contributed by atoms with Crippen LogP contribution >= 0.6 is 0 Å². The molecular formula is C28H42N2O3. The highest BCUT2D eigenvalue weighted by molar-refractivity contribution is 5.73. The fourth-order valence-corrected chi connectivity index (χ4v) is 3.07. The molecule has 0 heterocycles. The number of ether oxygens (including phenoxy) is 1. The third-order valence-corrected chi connectivity index (χ3v) is 4.99. The molecule has 0 aromatic heterocycles. The van der Waals surface area contributed by atoms with Crippen molar-refractivity contribution in [2.24, 2.45) is 0 Å². The maximum absolute atomic E-state index is 11.9. The Kier molecular flexibility index (Phi) is 16.8. The smallest absolute Gasteiger partial charge is 0.315 e. The Morgan fingerprint density at radius 1 is 0.879 bits per heavy atom. The second-order valence-electron chi connectivity index (χ2n) is 7.85. The van der Waals surface area contributed by atoms with E-state index in [9.17, 15) is 9.90 Å². The van der Waals surface area contributed by atoms with Crippen molar-refractivity contribution in [2.75, 3.05) is 13.7 Å². The van der Waals surface area contributed by atoms with Gasteiger partial charge in [-0.15, -0.1) is 0 Å². The summed E-state index contributed by atoms with van der Waals surface area (Å²) in [6, 6.07) is 4.86. The zero-order valence-electron chi connectivity index (χ0n) is 20.4. The summed E-state index contributed by atoms with van der Waals surface area (Å²) in [5.74, 6) is 0.483. The number of nitrogens with one attached hydrogen (secondary N) is 2. The number of amides is 2. The van der Waals surface area contributed by atoms with Gasteiger partial charge in [-0.25, -0.2) is 4.79 Å². The highest BCUT2D eigenvalue weighted by Gasteiger charge is 2.04. The van der Waals surface area contributed by atoms with Crippen molar-refractivity contribution < 1.29 is 14.6 Å². The lowest BCUT2D eigenvalue weighted by molar-refractivity contribution is 0.240. The zero-order valence-corrected chi connectivity index (χ0v) is 20.4. The van der Waals surface area contributed by atoms with E-state index in [4.69, 9.17) is 4.74 Å². The average Bonchev–Trinajstić information content (AvgIpc) is 2.82. The summed E-state index contributed by atoms with van der Waals surface area (Å²) in [5, 5.41) is 15.4. The number of hydrogen-bond acceptors (Lipinski definition) is 3. The summed E-state index contributed by atoms with van der Waals surface area (Å²) in [6.45, 7) is 3.20. The molecule has 0 atom stereocenters. The summed E-state index contributed by atoms with van der Waals surface area (Å²) >= 11 is 0. The number of hydrogen-bond donors (Lipinski definition) is 3. The molecule has 5 nitrogen and oxygen atoms in total. The molecular weight excluding hydrogens is 412 g/mol. The third kappa shape index (κ3) is 15.5. The van der Waals surface area contributed by atoms with Gasteiger partial charge in [-0.2, -0.15) is 0 Å². The number of phenolic OH excluding ortho intramolecular Hbond substituents is 1. The van der Waals surface area contributed by atoms with Crippen LogP contribution in [0.5, 0.6) is 11.5 Å². The number of unbranched alkanes of at least 4 members (excludes halogenated alkanes) is 4. The van der Waals surface area contributed by atoms with E-state index >= 15 is 0 Å². The van der Waals surface area contributed by atoms with Crippen molar-refractivity contribution in [3.05, 3.63) is 72.4 Å². The first-order valence-corrected chi connectivity index (χ1v) is 12.1. The third-order valence-electron chi connectivity index (χ3n) is 4.99. The van der Waals surface area contributed by atoms with Gasteiger partial charge in [-0.1, -0.05) is 74.4 Å². The van der Waals surface area contributed by atoms with Crippen LogP contribution < -0.4 is 15.4 Å². The number of aromatic hydroxyl groups is 1. The predicted molar refractivity (Wildman–Crippen MR) is 139 cm³/mol. The van der Waals surface area contributed by atoms with Crippen LogP contribution in [-0.2, 0) is 6.54 Å². The topological polar surface area (TPSA) is 70.6 Å². The molecule has 0 aliphatic rings. The second kappa shape index (κ2) is 19.7. The molecule has 33 heavy (non-hydrogen) atoms. The van der Waals surface area contributed by atoms with Gasteiger partial charge in [-0.05, 0) is 62.6 Å². The van der Waals surface area contributed by atoms with Crippen LogP contribution in [0.25, 0.3) is 0 Å². The van der Waals surface area contributed by atoms with E-state index in [0.717, 1.165) is 37.7 Å². The minimum absolute atomic E-state index is 0.0660. The number of methoxy groups -OCH3 is 1. The molecule has 1 aromatic rings. The predicted octanol–water partition coefficient (Wildman–Crippen LogP) is 6.96. The first kappa shape index (κ1) is 28.1. The van der Waals surface area contributed by atoms with Gasteiger partial charge in [0.05, 0.1) is 7.11 Å². The zero-order chi connectivity index (χ0) is 24.0. The molecule has 1 aromatic carbocycles. The number of carbonyl (C=O) groups is 1. The lowest BCUT2D eigenvalue weighted by Crippen LogP contribution is -2.35. The molecule has 182 valence electrons.